The Labute approximate surface area is 139 Å². The third kappa shape index (κ3) is 2.24. The van der Waals surface area contributed by atoms with E-state index in [0.717, 1.165) is 39.1 Å². The molecule has 1 aromatic carbocycles. The summed E-state index contributed by atoms with van der Waals surface area (Å²) in [5.74, 6) is 0.532. The van der Waals surface area contributed by atoms with E-state index in [1.54, 1.807) is 13.2 Å². The Hall–Kier alpha value is -2.83. The van der Waals surface area contributed by atoms with E-state index < -0.39 is 6.09 Å². The average Bonchev–Trinajstić information content (AvgIpc) is 3.19. The summed E-state index contributed by atoms with van der Waals surface area (Å²) in [5, 5.41) is 15.6. The number of benzene rings is 1. The number of amides is 1. The van der Waals surface area contributed by atoms with E-state index in [9.17, 15) is 4.79 Å². The van der Waals surface area contributed by atoms with Gasteiger partial charge in [-0.25, -0.2) is 4.79 Å². The molecular formula is C17H19N5O2. The summed E-state index contributed by atoms with van der Waals surface area (Å²) in [6.45, 7) is 2.02. The van der Waals surface area contributed by atoms with Crippen molar-refractivity contribution in [2.24, 2.45) is 0 Å². The highest BCUT2D eigenvalue weighted by atomic mass is 16.5. The smallest absolute Gasteiger partial charge is 0.413 e. The molecule has 3 aromatic rings. The minimum absolute atomic E-state index is 0.416. The summed E-state index contributed by atoms with van der Waals surface area (Å²) >= 11 is 0. The Morgan fingerprint density at radius 2 is 2.12 bits per heavy atom. The summed E-state index contributed by atoms with van der Waals surface area (Å²) in [6, 6.07) is 4.05. The van der Waals surface area contributed by atoms with Gasteiger partial charge >= 0.3 is 6.09 Å². The van der Waals surface area contributed by atoms with Crippen LogP contribution in [0.1, 0.15) is 30.1 Å². The van der Waals surface area contributed by atoms with Crippen LogP contribution in [0, 0.1) is 6.92 Å². The third-order valence-electron chi connectivity index (χ3n) is 4.57. The first-order valence-corrected chi connectivity index (χ1v) is 7.94. The number of ether oxygens (including phenoxy) is 1. The summed E-state index contributed by atoms with van der Waals surface area (Å²) in [7, 11) is 3.07. The monoisotopic (exact) mass is 325 g/mol. The molecule has 24 heavy (non-hydrogen) atoms. The first-order valence-electron chi connectivity index (χ1n) is 7.94. The number of aromatic nitrogens is 4. The Morgan fingerprint density at radius 1 is 1.33 bits per heavy atom. The second-order valence-electron chi connectivity index (χ2n) is 6.24. The van der Waals surface area contributed by atoms with Crippen molar-refractivity contribution in [3.05, 3.63) is 29.7 Å². The van der Waals surface area contributed by atoms with Crippen LogP contribution in [-0.2, 0) is 4.74 Å². The van der Waals surface area contributed by atoms with Crippen molar-refractivity contribution < 1.29 is 9.53 Å². The molecule has 4 rings (SSSR count). The lowest BCUT2D eigenvalue weighted by atomic mass is 9.99. The first kappa shape index (κ1) is 14.7. The van der Waals surface area contributed by atoms with Crippen molar-refractivity contribution >= 4 is 22.7 Å². The van der Waals surface area contributed by atoms with Crippen molar-refractivity contribution in [1.29, 1.82) is 0 Å². The van der Waals surface area contributed by atoms with E-state index in [-0.39, 0.29) is 0 Å². The molecule has 0 bridgehead atoms. The number of carbonyl (C=O) groups excluding carboxylic acids is 1. The highest BCUT2D eigenvalue weighted by molar-refractivity contribution is 6.02. The molecule has 0 spiro atoms. The molecule has 2 aromatic heterocycles. The molecule has 2 heterocycles. The number of fused-ring (bicyclic) bond motifs is 1. The molecule has 7 nitrogen and oxygen atoms in total. The zero-order chi connectivity index (χ0) is 16.8. The Bertz CT molecular complexity index is 922. The van der Waals surface area contributed by atoms with Crippen LogP contribution in [-0.4, -0.2) is 40.6 Å². The van der Waals surface area contributed by atoms with E-state index in [0.29, 0.717) is 5.92 Å². The minimum Gasteiger partial charge on any atom is -0.452 e. The Balaban J connectivity index is 1.91. The Morgan fingerprint density at radius 3 is 2.83 bits per heavy atom. The van der Waals surface area contributed by atoms with Crippen LogP contribution < -0.4 is 4.90 Å². The largest absolute Gasteiger partial charge is 0.452 e. The molecule has 1 fully saturated rings. The number of hydrogen-bond acceptors (Lipinski definition) is 4. The summed E-state index contributed by atoms with van der Waals surface area (Å²) in [4.78, 5) is 13.5. The van der Waals surface area contributed by atoms with Crippen LogP contribution in [0.15, 0.2) is 18.3 Å². The highest BCUT2D eigenvalue weighted by Crippen LogP contribution is 2.45. The van der Waals surface area contributed by atoms with Gasteiger partial charge in [-0.1, -0.05) is 0 Å². The minimum atomic E-state index is -0.416. The lowest BCUT2D eigenvalue weighted by molar-refractivity contribution is 0.180. The van der Waals surface area contributed by atoms with Crippen molar-refractivity contribution in [2.75, 3.05) is 19.1 Å². The maximum atomic E-state index is 12.0. The SMILES string of the molecule is COC(=O)N(C)c1cc(-c2c(C3CC3)n[nH]c2C)cc2[nH]ncc12. The molecule has 0 atom stereocenters. The number of aromatic amines is 2. The maximum absolute atomic E-state index is 12.0. The lowest BCUT2D eigenvalue weighted by Crippen LogP contribution is -2.26. The van der Waals surface area contributed by atoms with E-state index in [1.807, 2.05) is 13.0 Å². The molecule has 1 amide bonds. The molecule has 0 aliphatic heterocycles. The molecule has 1 aliphatic carbocycles. The molecular weight excluding hydrogens is 306 g/mol. The van der Waals surface area contributed by atoms with E-state index in [4.69, 9.17) is 4.74 Å². The molecule has 1 aliphatic rings. The number of hydrogen-bond donors (Lipinski definition) is 2. The fourth-order valence-corrected chi connectivity index (χ4v) is 3.15. The molecule has 2 N–H and O–H groups in total. The van der Waals surface area contributed by atoms with E-state index in [1.165, 1.54) is 24.9 Å². The lowest BCUT2D eigenvalue weighted by Gasteiger charge is -2.18. The predicted octanol–water partition coefficient (Wildman–Crippen LogP) is 3.34. The summed E-state index contributed by atoms with van der Waals surface area (Å²) in [6.07, 6.45) is 3.66. The van der Waals surface area contributed by atoms with Gasteiger partial charge in [-0.3, -0.25) is 15.1 Å². The number of methoxy groups -OCH3 is 1. The van der Waals surface area contributed by atoms with Gasteiger partial charge in [0.2, 0.25) is 0 Å². The van der Waals surface area contributed by atoms with Crippen molar-refractivity contribution in [3.63, 3.8) is 0 Å². The summed E-state index contributed by atoms with van der Waals surface area (Å²) in [5.41, 5.74) is 5.91. The van der Waals surface area contributed by atoms with Gasteiger partial charge in [-0.05, 0) is 37.5 Å². The van der Waals surface area contributed by atoms with Crippen molar-refractivity contribution in [1.82, 2.24) is 20.4 Å². The van der Waals surface area contributed by atoms with E-state index in [2.05, 4.69) is 26.5 Å². The first-order chi connectivity index (χ1) is 11.6. The van der Waals surface area contributed by atoms with Crippen LogP contribution in [0.25, 0.3) is 22.0 Å². The molecule has 0 unspecified atom stereocenters. The van der Waals surface area contributed by atoms with Crippen LogP contribution in [0.2, 0.25) is 0 Å². The molecule has 0 radical (unpaired) electrons. The van der Waals surface area contributed by atoms with Gasteiger partial charge in [0.25, 0.3) is 0 Å². The zero-order valence-electron chi connectivity index (χ0n) is 13.9. The van der Waals surface area contributed by atoms with Gasteiger partial charge in [0.15, 0.2) is 0 Å². The molecule has 124 valence electrons. The highest BCUT2D eigenvalue weighted by Gasteiger charge is 2.30. The van der Waals surface area contributed by atoms with Crippen LogP contribution >= 0.6 is 0 Å². The fourth-order valence-electron chi connectivity index (χ4n) is 3.15. The number of aryl methyl sites for hydroxylation is 1. The number of anilines is 1. The standard InChI is InChI=1S/C17H19N5O2/c1-9-15(16(21-19-9)10-4-5-10)11-6-13-12(8-18-20-13)14(7-11)22(2)17(23)24-3/h6-8,10H,4-5H2,1-3H3,(H,18,20)(H,19,21). The maximum Gasteiger partial charge on any atom is 0.413 e. The number of nitrogens with zero attached hydrogens (tertiary/aromatic N) is 3. The predicted molar refractivity (Wildman–Crippen MR) is 91.2 cm³/mol. The second-order valence-corrected chi connectivity index (χ2v) is 6.24. The van der Waals surface area contributed by atoms with Crippen LogP contribution in [0.3, 0.4) is 0 Å². The van der Waals surface area contributed by atoms with Gasteiger partial charge in [0, 0.05) is 29.6 Å². The number of H-pyrrole nitrogens is 2. The molecule has 0 saturated heterocycles. The molecule has 7 heteroatoms. The van der Waals surface area contributed by atoms with Gasteiger partial charge in [-0.2, -0.15) is 10.2 Å². The van der Waals surface area contributed by atoms with Crippen LogP contribution in [0.5, 0.6) is 0 Å². The van der Waals surface area contributed by atoms with Crippen molar-refractivity contribution in [2.45, 2.75) is 25.7 Å². The quantitative estimate of drug-likeness (QED) is 0.773. The average molecular weight is 325 g/mol. The second kappa shape index (κ2) is 5.36. The number of rotatable bonds is 3. The van der Waals surface area contributed by atoms with Crippen LogP contribution in [0.4, 0.5) is 10.5 Å². The number of carbonyl (C=O) groups is 1. The van der Waals surface area contributed by atoms with Gasteiger partial charge in [0.05, 0.1) is 30.2 Å². The Kier molecular flexibility index (Phi) is 3.30. The topological polar surface area (TPSA) is 86.9 Å². The fraction of sp³-hybridized carbons (Fsp3) is 0.353. The summed E-state index contributed by atoms with van der Waals surface area (Å²) < 4.78 is 4.86. The zero-order valence-corrected chi connectivity index (χ0v) is 13.9. The van der Waals surface area contributed by atoms with Crippen molar-refractivity contribution in [3.8, 4) is 11.1 Å². The van der Waals surface area contributed by atoms with Gasteiger partial charge < -0.3 is 4.74 Å². The molecule has 1 saturated carbocycles. The van der Waals surface area contributed by atoms with Gasteiger partial charge in [0.1, 0.15) is 0 Å². The third-order valence-corrected chi connectivity index (χ3v) is 4.57. The van der Waals surface area contributed by atoms with E-state index >= 15 is 0 Å². The normalized spacial score (nSPS) is 14.1. The van der Waals surface area contributed by atoms with Gasteiger partial charge in [-0.15, -0.1) is 0 Å². The number of nitrogens with one attached hydrogen (secondary N) is 2.